The predicted octanol–water partition coefficient (Wildman–Crippen LogP) is 5.63. The molecular formula is C20H21N. The van der Waals surface area contributed by atoms with Gasteiger partial charge in [0, 0.05) is 11.7 Å². The normalized spacial score (nSPS) is 12.3. The molecule has 0 heterocycles. The number of aryl methyl sites for hydroxylation is 2. The lowest BCUT2D eigenvalue weighted by molar-refractivity contribution is 0.894. The molecule has 1 atom stereocenters. The lowest BCUT2D eigenvalue weighted by Crippen LogP contribution is -2.07. The first-order valence-corrected chi connectivity index (χ1v) is 7.46. The van der Waals surface area contributed by atoms with E-state index in [0.717, 1.165) is 0 Å². The third-order valence-corrected chi connectivity index (χ3v) is 4.18. The summed E-state index contributed by atoms with van der Waals surface area (Å²) in [7, 11) is 0. The molecular weight excluding hydrogens is 254 g/mol. The number of fused-ring (bicyclic) bond motifs is 1. The lowest BCUT2D eigenvalue weighted by Gasteiger charge is -2.18. The van der Waals surface area contributed by atoms with Crippen LogP contribution in [0.1, 0.15) is 29.7 Å². The van der Waals surface area contributed by atoms with Gasteiger partial charge in [-0.15, -0.1) is 0 Å². The van der Waals surface area contributed by atoms with E-state index in [4.69, 9.17) is 0 Å². The van der Waals surface area contributed by atoms with Crippen LogP contribution < -0.4 is 5.32 Å². The largest absolute Gasteiger partial charge is 0.378 e. The Kier molecular flexibility index (Phi) is 3.66. The molecule has 1 nitrogen and oxygen atoms in total. The fourth-order valence-corrected chi connectivity index (χ4v) is 2.79. The fraction of sp³-hybridized carbons (Fsp3) is 0.200. The predicted molar refractivity (Wildman–Crippen MR) is 91.9 cm³/mol. The third-order valence-electron chi connectivity index (χ3n) is 4.18. The van der Waals surface area contributed by atoms with Gasteiger partial charge in [0.15, 0.2) is 0 Å². The first-order valence-electron chi connectivity index (χ1n) is 7.46. The zero-order valence-electron chi connectivity index (χ0n) is 12.9. The molecule has 0 aliphatic rings. The Balaban J connectivity index is 1.93. The van der Waals surface area contributed by atoms with Gasteiger partial charge in [-0.1, -0.05) is 48.5 Å². The first-order chi connectivity index (χ1) is 10.1. The molecule has 106 valence electrons. The quantitative estimate of drug-likeness (QED) is 0.653. The van der Waals surface area contributed by atoms with Gasteiger partial charge in [-0.2, -0.15) is 0 Å². The van der Waals surface area contributed by atoms with E-state index in [2.05, 4.69) is 86.8 Å². The van der Waals surface area contributed by atoms with E-state index in [1.165, 1.54) is 33.2 Å². The molecule has 3 aromatic rings. The maximum Gasteiger partial charge on any atom is 0.0491 e. The van der Waals surface area contributed by atoms with Crippen molar-refractivity contribution < 1.29 is 0 Å². The highest BCUT2D eigenvalue weighted by Crippen LogP contribution is 2.27. The van der Waals surface area contributed by atoms with Crippen LogP contribution >= 0.6 is 0 Å². The Labute approximate surface area is 126 Å². The number of nitrogens with one attached hydrogen (secondary N) is 1. The number of benzene rings is 3. The summed E-state index contributed by atoms with van der Waals surface area (Å²) in [6, 6.07) is 21.9. The monoisotopic (exact) mass is 275 g/mol. The van der Waals surface area contributed by atoms with Crippen molar-refractivity contribution >= 4 is 16.5 Å². The van der Waals surface area contributed by atoms with Crippen molar-refractivity contribution in [2.24, 2.45) is 0 Å². The second-order valence-electron chi connectivity index (χ2n) is 5.73. The molecule has 1 unspecified atom stereocenters. The molecule has 0 amide bonds. The molecule has 0 aliphatic carbocycles. The minimum Gasteiger partial charge on any atom is -0.378 e. The van der Waals surface area contributed by atoms with Crippen molar-refractivity contribution in [3.8, 4) is 0 Å². The van der Waals surface area contributed by atoms with Gasteiger partial charge in [0.2, 0.25) is 0 Å². The summed E-state index contributed by atoms with van der Waals surface area (Å²) in [5.74, 6) is 0. The van der Waals surface area contributed by atoms with E-state index in [0.29, 0.717) is 0 Å². The van der Waals surface area contributed by atoms with Crippen LogP contribution in [0.2, 0.25) is 0 Å². The Hall–Kier alpha value is -2.28. The second-order valence-corrected chi connectivity index (χ2v) is 5.73. The first kappa shape index (κ1) is 13.7. The van der Waals surface area contributed by atoms with Crippen molar-refractivity contribution in [2.75, 3.05) is 5.32 Å². The van der Waals surface area contributed by atoms with Gasteiger partial charge < -0.3 is 5.32 Å². The molecule has 3 aromatic carbocycles. The Morgan fingerprint density at radius 3 is 2.38 bits per heavy atom. The van der Waals surface area contributed by atoms with Crippen LogP contribution in [0.5, 0.6) is 0 Å². The summed E-state index contributed by atoms with van der Waals surface area (Å²) < 4.78 is 0. The van der Waals surface area contributed by atoms with Crippen LogP contribution in [0.3, 0.4) is 0 Å². The molecule has 0 fully saturated rings. The van der Waals surface area contributed by atoms with Crippen molar-refractivity contribution in [2.45, 2.75) is 26.8 Å². The van der Waals surface area contributed by atoms with Crippen molar-refractivity contribution in [3.63, 3.8) is 0 Å². The van der Waals surface area contributed by atoms with E-state index < -0.39 is 0 Å². The molecule has 0 aromatic heterocycles. The topological polar surface area (TPSA) is 12.0 Å². The molecule has 0 bridgehead atoms. The smallest absolute Gasteiger partial charge is 0.0491 e. The molecule has 0 saturated heterocycles. The summed E-state index contributed by atoms with van der Waals surface area (Å²) in [4.78, 5) is 0. The van der Waals surface area contributed by atoms with E-state index in [1.54, 1.807) is 0 Å². The summed E-state index contributed by atoms with van der Waals surface area (Å²) in [6.45, 7) is 6.52. The van der Waals surface area contributed by atoms with Crippen molar-refractivity contribution in [1.29, 1.82) is 0 Å². The zero-order valence-corrected chi connectivity index (χ0v) is 12.9. The summed E-state index contributed by atoms with van der Waals surface area (Å²) >= 11 is 0. The van der Waals surface area contributed by atoms with Crippen LogP contribution in [0.4, 0.5) is 5.69 Å². The molecule has 0 saturated carbocycles. The molecule has 3 rings (SSSR count). The van der Waals surface area contributed by atoms with Crippen LogP contribution in [-0.4, -0.2) is 0 Å². The minimum absolute atomic E-state index is 0.276. The number of hydrogen-bond acceptors (Lipinski definition) is 1. The molecule has 1 N–H and O–H groups in total. The van der Waals surface area contributed by atoms with E-state index in [9.17, 15) is 0 Å². The van der Waals surface area contributed by atoms with Gasteiger partial charge in [0.1, 0.15) is 0 Å². The van der Waals surface area contributed by atoms with Gasteiger partial charge in [-0.25, -0.2) is 0 Å². The van der Waals surface area contributed by atoms with Crippen molar-refractivity contribution in [3.05, 3.63) is 77.4 Å². The van der Waals surface area contributed by atoms with Gasteiger partial charge in [-0.05, 0) is 60.4 Å². The van der Waals surface area contributed by atoms with Gasteiger partial charge in [0.25, 0.3) is 0 Å². The number of rotatable bonds is 3. The van der Waals surface area contributed by atoms with Crippen LogP contribution in [-0.2, 0) is 0 Å². The van der Waals surface area contributed by atoms with Gasteiger partial charge in [0.05, 0.1) is 0 Å². The highest BCUT2D eigenvalue weighted by Gasteiger charge is 2.09. The molecule has 1 heteroatoms. The second kappa shape index (κ2) is 5.61. The maximum absolute atomic E-state index is 3.62. The lowest BCUT2D eigenvalue weighted by atomic mass is 9.99. The Bertz CT molecular complexity index is 768. The SMILES string of the molecule is Cc1ccc(NC(C)c2cccc3ccccc23)cc1C. The standard InChI is InChI=1S/C20H21N/c1-14-11-12-18(13-15(14)2)21-16(3)19-10-6-8-17-7-4-5-9-20(17)19/h4-13,16,21H,1-3H3. The van der Waals surface area contributed by atoms with Crippen molar-refractivity contribution in [1.82, 2.24) is 0 Å². The summed E-state index contributed by atoms with van der Waals surface area (Å²) in [5, 5.41) is 6.24. The third kappa shape index (κ3) is 2.78. The summed E-state index contributed by atoms with van der Waals surface area (Å²) in [6.07, 6.45) is 0. The summed E-state index contributed by atoms with van der Waals surface area (Å²) in [5.41, 5.74) is 5.17. The molecule has 0 spiro atoms. The highest BCUT2D eigenvalue weighted by atomic mass is 14.9. The molecule has 0 aliphatic heterocycles. The average Bonchev–Trinajstić information content (AvgIpc) is 2.50. The Morgan fingerprint density at radius 2 is 1.57 bits per heavy atom. The van der Waals surface area contributed by atoms with E-state index in [-0.39, 0.29) is 6.04 Å². The maximum atomic E-state index is 3.62. The van der Waals surface area contributed by atoms with Crippen LogP contribution in [0.15, 0.2) is 60.7 Å². The fourth-order valence-electron chi connectivity index (χ4n) is 2.79. The number of hydrogen-bond donors (Lipinski definition) is 1. The van der Waals surface area contributed by atoms with E-state index in [1.807, 2.05) is 0 Å². The van der Waals surface area contributed by atoms with Gasteiger partial charge >= 0.3 is 0 Å². The van der Waals surface area contributed by atoms with Crippen LogP contribution in [0.25, 0.3) is 10.8 Å². The minimum atomic E-state index is 0.276. The number of anilines is 1. The molecule has 21 heavy (non-hydrogen) atoms. The Morgan fingerprint density at radius 1 is 0.810 bits per heavy atom. The highest BCUT2D eigenvalue weighted by molar-refractivity contribution is 5.86. The van der Waals surface area contributed by atoms with Crippen LogP contribution in [0, 0.1) is 13.8 Å². The van der Waals surface area contributed by atoms with E-state index >= 15 is 0 Å². The zero-order chi connectivity index (χ0) is 14.8. The average molecular weight is 275 g/mol. The van der Waals surface area contributed by atoms with Gasteiger partial charge in [-0.3, -0.25) is 0 Å². The molecule has 0 radical (unpaired) electrons.